The highest BCUT2D eigenvalue weighted by Gasteiger charge is 2.21. The van der Waals surface area contributed by atoms with Crippen molar-refractivity contribution in [3.05, 3.63) is 53.1 Å². The number of hydrogen-bond donors (Lipinski definition) is 1. The van der Waals surface area contributed by atoms with Gasteiger partial charge in [-0.25, -0.2) is 5.43 Å². The third kappa shape index (κ3) is 3.96. The van der Waals surface area contributed by atoms with E-state index in [0.717, 1.165) is 29.0 Å². The van der Waals surface area contributed by atoms with Crippen molar-refractivity contribution < 1.29 is 19.0 Å². The van der Waals surface area contributed by atoms with Gasteiger partial charge < -0.3 is 14.2 Å². The molecule has 1 atom stereocenters. The summed E-state index contributed by atoms with van der Waals surface area (Å²) >= 11 is 0. The maximum Gasteiger partial charge on any atom is 0.271 e. The molecule has 1 heterocycles. The van der Waals surface area contributed by atoms with Crippen molar-refractivity contribution in [1.29, 1.82) is 0 Å². The largest absolute Gasteiger partial charge is 0.497 e. The fourth-order valence-corrected chi connectivity index (χ4v) is 2.80. The SMILES string of the molecule is CCOc1cc2c(cc1/C=N\NC(=O)c1ccc(OC)cc1)O[C@H](C)C2. The van der Waals surface area contributed by atoms with Gasteiger partial charge in [0.25, 0.3) is 5.91 Å². The van der Waals surface area contributed by atoms with E-state index >= 15 is 0 Å². The lowest BCUT2D eigenvalue weighted by Crippen LogP contribution is -2.17. The van der Waals surface area contributed by atoms with Gasteiger partial charge in [-0.3, -0.25) is 4.79 Å². The second-order valence-electron chi connectivity index (χ2n) is 5.99. The van der Waals surface area contributed by atoms with E-state index in [1.54, 1.807) is 37.6 Å². The summed E-state index contributed by atoms with van der Waals surface area (Å²) in [6, 6.07) is 10.7. The summed E-state index contributed by atoms with van der Waals surface area (Å²) in [6.45, 7) is 4.51. The van der Waals surface area contributed by atoms with Crippen molar-refractivity contribution in [2.24, 2.45) is 5.10 Å². The van der Waals surface area contributed by atoms with Gasteiger partial charge in [-0.15, -0.1) is 0 Å². The smallest absolute Gasteiger partial charge is 0.271 e. The molecule has 6 heteroatoms. The third-order valence-corrected chi connectivity index (χ3v) is 4.05. The van der Waals surface area contributed by atoms with E-state index in [1.165, 1.54) is 0 Å². The van der Waals surface area contributed by atoms with Crippen LogP contribution in [0.1, 0.15) is 35.3 Å². The van der Waals surface area contributed by atoms with E-state index in [9.17, 15) is 4.79 Å². The van der Waals surface area contributed by atoms with E-state index in [1.807, 2.05) is 26.0 Å². The molecule has 0 saturated carbocycles. The van der Waals surface area contributed by atoms with Gasteiger partial charge in [0.05, 0.1) is 19.9 Å². The second-order valence-corrected chi connectivity index (χ2v) is 5.99. The van der Waals surface area contributed by atoms with Crippen LogP contribution in [0.5, 0.6) is 17.2 Å². The number of methoxy groups -OCH3 is 1. The van der Waals surface area contributed by atoms with E-state index in [4.69, 9.17) is 14.2 Å². The Morgan fingerprint density at radius 2 is 2.12 bits per heavy atom. The van der Waals surface area contributed by atoms with Gasteiger partial charge in [0.15, 0.2) is 0 Å². The summed E-state index contributed by atoms with van der Waals surface area (Å²) in [4.78, 5) is 12.2. The number of nitrogens with zero attached hydrogens (tertiary/aromatic N) is 1. The van der Waals surface area contributed by atoms with Crippen LogP contribution >= 0.6 is 0 Å². The number of rotatable bonds is 6. The first kappa shape index (κ1) is 17.8. The first-order chi connectivity index (χ1) is 12.6. The van der Waals surface area contributed by atoms with Crippen LogP contribution in [0, 0.1) is 0 Å². The van der Waals surface area contributed by atoms with Crippen molar-refractivity contribution in [3.8, 4) is 17.2 Å². The molecule has 1 aliphatic heterocycles. The van der Waals surface area contributed by atoms with Crippen LogP contribution in [0.15, 0.2) is 41.5 Å². The Kier molecular flexibility index (Phi) is 5.41. The number of amides is 1. The lowest BCUT2D eigenvalue weighted by molar-refractivity contribution is 0.0955. The second kappa shape index (κ2) is 7.91. The van der Waals surface area contributed by atoms with E-state index in [0.29, 0.717) is 17.9 Å². The Balaban J connectivity index is 1.73. The predicted octanol–water partition coefficient (Wildman–Crippen LogP) is 3.18. The van der Waals surface area contributed by atoms with Crippen LogP contribution < -0.4 is 19.6 Å². The maximum absolute atomic E-state index is 12.2. The molecule has 0 unspecified atom stereocenters. The summed E-state index contributed by atoms with van der Waals surface area (Å²) < 4.78 is 16.6. The molecule has 0 spiro atoms. The third-order valence-electron chi connectivity index (χ3n) is 4.05. The number of nitrogens with one attached hydrogen (secondary N) is 1. The van der Waals surface area contributed by atoms with E-state index in [-0.39, 0.29) is 12.0 Å². The van der Waals surface area contributed by atoms with Crippen LogP contribution in [0.2, 0.25) is 0 Å². The van der Waals surface area contributed by atoms with Crippen LogP contribution in [0.25, 0.3) is 0 Å². The van der Waals surface area contributed by atoms with E-state index < -0.39 is 0 Å². The fourth-order valence-electron chi connectivity index (χ4n) is 2.80. The molecule has 1 aliphatic rings. The first-order valence-electron chi connectivity index (χ1n) is 8.54. The molecule has 0 aromatic heterocycles. The molecule has 1 N–H and O–H groups in total. The predicted molar refractivity (Wildman–Crippen MR) is 99.5 cm³/mol. The summed E-state index contributed by atoms with van der Waals surface area (Å²) in [7, 11) is 1.58. The molecule has 0 bridgehead atoms. The Bertz CT molecular complexity index is 815. The Labute approximate surface area is 152 Å². The standard InChI is InChI=1S/C20H22N2O4/c1-4-25-18-10-15-9-13(2)26-19(15)11-16(18)12-21-22-20(23)14-5-7-17(24-3)8-6-14/h5-8,10-13H,4,9H2,1-3H3,(H,22,23)/b21-12-/t13-/m1/s1. The van der Waals surface area contributed by atoms with Crippen LogP contribution in [-0.2, 0) is 6.42 Å². The minimum atomic E-state index is -0.298. The quantitative estimate of drug-likeness (QED) is 0.639. The van der Waals surface area contributed by atoms with Gasteiger partial charge >= 0.3 is 0 Å². The topological polar surface area (TPSA) is 69.2 Å². The summed E-state index contributed by atoms with van der Waals surface area (Å²) in [5, 5.41) is 4.06. The number of hydrazone groups is 1. The molecule has 26 heavy (non-hydrogen) atoms. The number of ether oxygens (including phenoxy) is 3. The van der Waals surface area contributed by atoms with Crippen molar-refractivity contribution in [1.82, 2.24) is 5.43 Å². The molecule has 0 radical (unpaired) electrons. The van der Waals surface area contributed by atoms with Gasteiger partial charge in [0, 0.05) is 23.1 Å². The van der Waals surface area contributed by atoms with Crippen molar-refractivity contribution in [3.63, 3.8) is 0 Å². The zero-order chi connectivity index (χ0) is 18.5. The molecule has 6 nitrogen and oxygen atoms in total. The number of fused-ring (bicyclic) bond motifs is 1. The molecule has 1 amide bonds. The Morgan fingerprint density at radius 3 is 2.81 bits per heavy atom. The summed E-state index contributed by atoms with van der Waals surface area (Å²) in [5.74, 6) is 1.96. The number of carbonyl (C=O) groups is 1. The average Bonchev–Trinajstić information content (AvgIpc) is 3.01. The van der Waals surface area contributed by atoms with Gasteiger partial charge in [0.2, 0.25) is 0 Å². The molecule has 0 aliphatic carbocycles. The van der Waals surface area contributed by atoms with Gasteiger partial charge in [-0.2, -0.15) is 5.10 Å². The Hall–Kier alpha value is -3.02. The van der Waals surface area contributed by atoms with Crippen LogP contribution in [-0.4, -0.2) is 31.9 Å². The van der Waals surface area contributed by atoms with Crippen molar-refractivity contribution in [2.75, 3.05) is 13.7 Å². The molecule has 136 valence electrons. The number of carbonyl (C=O) groups excluding carboxylic acids is 1. The molecular formula is C20H22N2O4. The monoisotopic (exact) mass is 354 g/mol. The molecular weight excluding hydrogens is 332 g/mol. The number of benzene rings is 2. The highest BCUT2D eigenvalue weighted by atomic mass is 16.5. The fraction of sp³-hybridized carbons (Fsp3) is 0.300. The zero-order valence-electron chi connectivity index (χ0n) is 15.1. The first-order valence-corrected chi connectivity index (χ1v) is 8.54. The minimum Gasteiger partial charge on any atom is -0.497 e. The average molecular weight is 354 g/mol. The van der Waals surface area contributed by atoms with Gasteiger partial charge in [-0.1, -0.05) is 0 Å². The highest BCUT2D eigenvalue weighted by molar-refractivity contribution is 5.95. The normalized spacial score (nSPS) is 15.4. The highest BCUT2D eigenvalue weighted by Crippen LogP contribution is 2.34. The van der Waals surface area contributed by atoms with Crippen molar-refractivity contribution in [2.45, 2.75) is 26.4 Å². The summed E-state index contributed by atoms with van der Waals surface area (Å²) in [5.41, 5.74) is 4.91. The van der Waals surface area contributed by atoms with Gasteiger partial charge in [-0.05, 0) is 50.2 Å². The number of hydrogen-bond acceptors (Lipinski definition) is 5. The Morgan fingerprint density at radius 1 is 1.35 bits per heavy atom. The molecule has 3 rings (SSSR count). The lowest BCUT2D eigenvalue weighted by atomic mass is 10.1. The summed E-state index contributed by atoms with van der Waals surface area (Å²) in [6.07, 6.45) is 2.58. The molecule has 2 aromatic rings. The molecule has 0 fully saturated rings. The maximum atomic E-state index is 12.2. The minimum absolute atomic E-state index is 0.154. The lowest BCUT2D eigenvalue weighted by Gasteiger charge is -2.09. The van der Waals surface area contributed by atoms with E-state index in [2.05, 4.69) is 10.5 Å². The van der Waals surface area contributed by atoms with Crippen LogP contribution in [0.3, 0.4) is 0 Å². The zero-order valence-corrected chi connectivity index (χ0v) is 15.1. The molecule has 0 saturated heterocycles. The van der Waals surface area contributed by atoms with Gasteiger partial charge in [0.1, 0.15) is 23.4 Å². The van der Waals surface area contributed by atoms with Crippen molar-refractivity contribution >= 4 is 12.1 Å². The molecule has 2 aromatic carbocycles. The van der Waals surface area contributed by atoms with Crippen LogP contribution in [0.4, 0.5) is 0 Å².